The number of alkyl halides is 2. The van der Waals surface area contributed by atoms with E-state index in [1.165, 1.54) is 18.7 Å². The third-order valence-corrected chi connectivity index (χ3v) is 7.35. The summed E-state index contributed by atoms with van der Waals surface area (Å²) in [6, 6.07) is 1.01. The maximum absolute atomic E-state index is 14.3. The number of hydrogen-bond donors (Lipinski definition) is 4. The molecule has 0 radical (unpaired) electrons. The van der Waals surface area contributed by atoms with Gasteiger partial charge < -0.3 is 39.8 Å². The van der Waals surface area contributed by atoms with Crippen LogP contribution in [0.1, 0.15) is 38.8 Å². The minimum atomic E-state index is -3.91. The van der Waals surface area contributed by atoms with Crippen molar-refractivity contribution in [3.8, 4) is 0 Å². The van der Waals surface area contributed by atoms with Crippen LogP contribution in [0.4, 0.5) is 14.6 Å². The van der Waals surface area contributed by atoms with Gasteiger partial charge in [0.15, 0.2) is 12.7 Å². The standard InChI is InChI=1S/C28H40F2N4O12S/c1-17(36)5-9-43-11-12-44-10-6-19(37)13-18(16-47-2)25(41)31-7-3-23(39)45-15-22(38)32-21-4-8-34(27(42)33-21)26-28(29,30)24(40)20(14-35)46-26/h4,8,18,20,24,26,35,40H,3,5-7,9-16H2,1-2H3,(H,31,41)(H,32,33,38,42)/t18-,20-,24-,26-/m1/s1. The van der Waals surface area contributed by atoms with Crippen molar-refractivity contribution in [3.05, 3.63) is 22.7 Å². The van der Waals surface area contributed by atoms with Gasteiger partial charge in [-0.15, -0.1) is 0 Å². The average Bonchev–Trinajstić information content (AvgIpc) is 3.24. The van der Waals surface area contributed by atoms with Gasteiger partial charge in [0.2, 0.25) is 12.1 Å². The maximum atomic E-state index is 14.3. The molecule has 0 spiro atoms. The number of amides is 2. The molecule has 1 aromatic heterocycles. The van der Waals surface area contributed by atoms with Crippen LogP contribution in [0.5, 0.6) is 0 Å². The summed E-state index contributed by atoms with van der Waals surface area (Å²) < 4.78 is 49.3. The number of aliphatic hydroxyl groups excluding tert-OH is 2. The quantitative estimate of drug-likeness (QED) is 0.0885. The van der Waals surface area contributed by atoms with E-state index in [4.69, 9.17) is 24.1 Å². The lowest BCUT2D eigenvalue weighted by Gasteiger charge is -2.21. The Balaban J connectivity index is 1.69. The molecule has 0 saturated carbocycles. The molecule has 19 heteroatoms. The number of thioether (sulfide) groups is 1. The van der Waals surface area contributed by atoms with Crippen LogP contribution < -0.4 is 16.3 Å². The highest BCUT2D eigenvalue weighted by molar-refractivity contribution is 7.98. The van der Waals surface area contributed by atoms with Gasteiger partial charge in [0, 0.05) is 37.8 Å². The number of ketones is 2. The molecule has 1 saturated heterocycles. The van der Waals surface area contributed by atoms with Crippen molar-refractivity contribution >= 4 is 46.9 Å². The number of aliphatic hydroxyl groups is 2. The van der Waals surface area contributed by atoms with Crippen molar-refractivity contribution in [3.63, 3.8) is 0 Å². The van der Waals surface area contributed by atoms with Crippen LogP contribution in [-0.2, 0) is 42.9 Å². The number of halogens is 2. The summed E-state index contributed by atoms with van der Waals surface area (Å²) in [4.78, 5) is 75.7. The fourth-order valence-corrected chi connectivity index (χ4v) is 4.81. The van der Waals surface area contributed by atoms with E-state index in [2.05, 4.69) is 15.6 Å². The molecule has 1 aliphatic rings. The molecular formula is C28H40F2N4O12S. The lowest BCUT2D eigenvalue weighted by atomic mass is 10.0. The van der Waals surface area contributed by atoms with E-state index in [9.17, 15) is 42.7 Å². The fourth-order valence-electron chi connectivity index (χ4n) is 4.14. The topological polar surface area (TPSA) is 222 Å². The molecule has 47 heavy (non-hydrogen) atoms. The lowest BCUT2D eigenvalue weighted by Crippen LogP contribution is -2.41. The molecule has 4 atom stereocenters. The first-order valence-electron chi connectivity index (χ1n) is 14.6. The van der Waals surface area contributed by atoms with Gasteiger partial charge in [-0.1, -0.05) is 0 Å². The van der Waals surface area contributed by atoms with Crippen molar-refractivity contribution in [2.45, 2.75) is 57.0 Å². The Kier molecular flexibility index (Phi) is 17.0. The van der Waals surface area contributed by atoms with Crippen LogP contribution in [0, 0.1) is 5.92 Å². The van der Waals surface area contributed by atoms with Crippen LogP contribution in [0.15, 0.2) is 17.1 Å². The number of anilines is 1. The summed E-state index contributed by atoms with van der Waals surface area (Å²) in [6.45, 7) is 0.689. The molecule has 2 amide bonds. The van der Waals surface area contributed by atoms with Gasteiger partial charge in [-0.25, -0.2) is 4.79 Å². The number of Topliss-reactive ketones (excluding diaryl/α,β-unsaturated/α-hetero) is 2. The van der Waals surface area contributed by atoms with E-state index in [1.54, 1.807) is 6.26 Å². The van der Waals surface area contributed by atoms with Crippen LogP contribution in [0.3, 0.4) is 0 Å². The summed E-state index contributed by atoms with van der Waals surface area (Å²) in [5.74, 6) is -6.81. The van der Waals surface area contributed by atoms with Crippen molar-refractivity contribution in [2.24, 2.45) is 5.92 Å². The molecule has 2 heterocycles. The zero-order valence-electron chi connectivity index (χ0n) is 26.0. The molecule has 264 valence electrons. The van der Waals surface area contributed by atoms with Crippen LogP contribution in [0.2, 0.25) is 0 Å². The minimum Gasteiger partial charge on any atom is -0.456 e. The normalized spacial score (nSPS) is 19.1. The van der Waals surface area contributed by atoms with Crippen molar-refractivity contribution < 1.29 is 61.9 Å². The van der Waals surface area contributed by atoms with Gasteiger partial charge in [-0.05, 0) is 19.2 Å². The monoisotopic (exact) mass is 694 g/mol. The third kappa shape index (κ3) is 13.3. The first-order chi connectivity index (χ1) is 22.3. The minimum absolute atomic E-state index is 0.0183. The SMILES string of the molecule is CSC[C@@H](CC(=O)CCOCCOCCC(C)=O)C(=O)NCCC(=O)OCC(=O)Nc1ccn([C@@H]2O[C@H](CO)[C@@H](O)C2(F)F)c(=O)n1. The van der Waals surface area contributed by atoms with E-state index in [0.717, 1.165) is 12.3 Å². The Bertz CT molecular complexity index is 1280. The zero-order chi connectivity index (χ0) is 35.0. The van der Waals surface area contributed by atoms with E-state index in [0.29, 0.717) is 30.0 Å². The van der Waals surface area contributed by atoms with Gasteiger partial charge in [0.25, 0.3) is 5.91 Å². The van der Waals surface area contributed by atoms with Crippen LogP contribution in [0.25, 0.3) is 0 Å². The Morgan fingerprint density at radius 2 is 1.81 bits per heavy atom. The highest BCUT2D eigenvalue weighted by atomic mass is 32.2. The molecule has 1 aromatic rings. The largest absolute Gasteiger partial charge is 0.456 e. The molecule has 1 fully saturated rings. The molecule has 4 N–H and O–H groups in total. The van der Waals surface area contributed by atoms with E-state index < -0.39 is 67.0 Å². The Morgan fingerprint density at radius 1 is 1.13 bits per heavy atom. The second-order valence-corrected chi connectivity index (χ2v) is 11.3. The van der Waals surface area contributed by atoms with Gasteiger partial charge in [0.1, 0.15) is 23.5 Å². The van der Waals surface area contributed by atoms with E-state index >= 15 is 0 Å². The molecule has 0 aliphatic carbocycles. The first-order valence-corrected chi connectivity index (χ1v) is 16.0. The second-order valence-electron chi connectivity index (χ2n) is 10.4. The Labute approximate surface area is 272 Å². The van der Waals surface area contributed by atoms with Gasteiger partial charge in [-0.3, -0.25) is 28.5 Å². The molecular weight excluding hydrogens is 654 g/mol. The molecule has 16 nitrogen and oxygen atoms in total. The number of ether oxygens (including phenoxy) is 4. The number of carbonyl (C=O) groups excluding carboxylic acids is 5. The number of nitrogens with zero attached hydrogens (tertiary/aromatic N) is 2. The van der Waals surface area contributed by atoms with Crippen molar-refractivity contribution in [1.29, 1.82) is 0 Å². The lowest BCUT2D eigenvalue weighted by molar-refractivity contribution is -0.147. The molecule has 0 aromatic carbocycles. The number of esters is 1. The zero-order valence-corrected chi connectivity index (χ0v) is 26.8. The van der Waals surface area contributed by atoms with Crippen molar-refractivity contribution in [1.82, 2.24) is 14.9 Å². The second kappa shape index (κ2) is 20.1. The number of hydrogen-bond acceptors (Lipinski definition) is 14. The molecule has 1 aliphatic heterocycles. The predicted molar refractivity (Wildman–Crippen MR) is 161 cm³/mol. The Morgan fingerprint density at radius 3 is 2.40 bits per heavy atom. The summed E-state index contributed by atoms with van der Waals surface area (Å²) in [7, 11) is 0. The summed E-state index contributed by atoms with van der Waals surface area (Å²) >= 11 is 1.38. The predicted octanol–water partition coefficient (Wildman–Crippen LogP) is -0.542. The van der Waals surface area contributed by atoms with Gasteiger partial charge in [0.05, 0.1) is 45.4 Å². The van der Waals surface area contributed by atoms with E-state index in [1.807, 2.05) is 0 Å². The average molecular weight is 695 g/mol. The smallest absolute Gasteiger partial charge is 0.351 e. The molecule has 2 rings (SSSR count). The molecule has 0 bridgehead atoms. The number of rotatable bonds is 22. The summed E-state index contributed by atoms with van der Waals surface area (Å²) in [5, 5.41) is 23.5. The fraction of sp³-hybridized carbons (Fsp3) is 0.679. The summed E-state index contributed by atoms with van der Waals surface area (Å²) in [6.07, 6.45) is -3.45. The number of carbonyl (C=O) groups is 5. The molecule has 0 unspecified atom stereocenters. The van der Waals surface area contributed by atoms with Crippen LogP contribution in [-0.4, -0.2) is 125 Å². The highest BCUT2D eigenvalue weighted by Gasteiger charge is 2.59. The first kappa shape index (κ1) is 39.8. The number of aromatic nitrogens is 2. The summed E-state index contributed by atoms with van der Waals surface area (Å²) in [5.41, 5.74) is -1.25. The Hall–Kier alpha value is -3.36. The van der Waals surface area contributed by atoms with Crippen LogP contribution >= 0.6 is 11.8 Å². The number of nitrogens with one attached hydrogen (secondary N) is 2. The van der Waals surface area contributed by atoms with Crippen molar-refractivity contribution in [2.75, 3.05) is 63.5 Å². The van der Waals surface area contributed by atoms with Gasteiger partial charge >= 0.3 is 17.6 Å². The van der Waals surface area contributed by atoms with Gasteiger partial charge in [-0.2, -0.15) is 25.5 Å². The highest BCUT2D eigenvalue weighted by Crippen LogP contribution is 2.41. The third-order valence-electron chi connectivity index (χ3n) is 6.61. The van der Waals surface area contributed by atoms with E-state index in [-0.39, 0.29) is 56.4 Å². The maximum Gasteiger partial charge on any atom is 0.351 e.